The number of carbonyl (C=O) groups excluding carboxylic acids is 2. The van der Waals surface area contributed by atoms with Crippen LogP contribution in [-0.2, 0) is 9.53 Å². The molecule has 2 aromatic rings. The lowest BCUT2D eigenvalue weighted by molar-refractivity contribution is -0.130. The van der Waals surface area contributed by atoms with E-state index in [0.717, 1.165) is 10.5 Å². The number of alkyl halides is 1. The van der Waals surface area contributed by atoms with Crippen LogP contribution in [0.15, 0.2) is 60.7 Å². The Bertz CT molecular complexity index is 722. The molecule has 124 valence electrons. The van der Waals surface area contributed by atoms with Gasteiger partial charge in [0.1, 0.15) is 23.6 Å². The Hall–Kier alpha value is -2.18. The van der Waals surface area contributed by atoms with Gasteiger partial charge < -0.3 is 9.84 Å². The minimum Gasteiger partial charge on any atom is -0.446 e. The molecule has 0 unspecified atom stereocenters. The van der Waals surface area contributed by atoms with Crippen LogP contribution < -0.4 is 0 Å². The van der Waals surface area contributed by atoms with Gasteiger partial charge in [0.25, 0.3) is 0 Å². The Morgan fingerprint density at radius 2 is 1.71 bits per heavy atom. The van der Waals surface area contributed by atoms with E-state index >= 15 is 0 Å². The van der Waals surface area contributed by atoms with Crippen molar-refractivity contribution in [3.8, 4) is 0 Å². The summed E-state index contributed by atoms with van der Waals surface area (Å²) in [7, 11) is 0. The normalized spacial score (nSPS) is 19.7. The van der Waals surface area contributed by atoms with Gasteiger partial charge in [-0.15, -0.1) is 0 Å². The van der Waals surface area contributed by atoms with Crippen LogP contribution in [0.25, 0.3) is 0 Å². The van der Waals surface area contributed by atoms with Gasteiger partial charge in [-0.3, -0.25) is 4.79 Å². The van der Waals surface area contributed by atoms with E-state index in [0.29, 0.717) is 5.56 Å². The fraction of sp³-hybridized carbons (Fsp3) is 0.222. The lowest BCUT2D eigenvalue weighted by atomic mass is 10.0. The molecule has 0 radical (unpaired) electrons. The number of hydrogen-bond donors (Lipinski definition) is 1. The zero-order valence-electron chi connectivity index (χ0n) is 12.7. The van der Waals surface area contributed by atoms with Gasteiger partial charge >= 0.3 is 6.09 Å². The highest BCUT2D eigenvalue weighted by atomic mass is 79.9. The van der Waals surface area contributed by atoms with Gasteiger partial charge in [-0.1, -0.05) is 76.6 Å². The number of carbonyl (C=O) groups is 2. The van der Waals surface area contributed by atoms with Crippen molar-refractivity contribution in [2.75, 3.05) is 6.61 Å². The number of cyclic esters (lactones) is 1. The molecule has 0 saturated carbocycles. The van der Waals surface area contributed by atoms with Gasteiger partial charge in [0.2, 0.25) is 5.91 Å². The van der Waals surface area contributed by atoms with Crippen molar-refractivity contribution in [3.05, 3.63) is 71.8 Å². The van der Waals surface area contributed by atoms with Crippen molar-refractivity contribution in [3.63, 3.8) is 0 Å². The monoisotopic (exact) mass is 389 g/mol. The van der Waals surface area contributed by atoms with Crippen LogP contribution in [0.4, 0.5) is 4.79 Å². The smallest absolute Gasteiger partial charge is 0.417 e. The molecule has 1 N–H and O–H groups in total. The predicted octanol–water partition coefficient (Wildman–Crippen LogP) is 3.20. The fourth-order valence-electron chi connectivity index (χ4n) is 2.67. The maximum Gasteiger partial charge on any atom is 0.417 e. The summed E-state index contributed by atoms with van der Waals surface area (Å²) in [6.45, 7) is 0.107. The molecule has 3 atom stereocenters. The lowest BCUT2D eigenvalue weighted by Gasteiger charge is -2.25. The summed E-state index contributed by atoms with van der Waals surface area (Å²) in [5, 5.41) is 10.4. The second-order valence-corrected chi connectivity index (χ2v) is 6.46. The second-order valence-electron chi connectivity index (χ2n) is 5.47. The van der Waals surface area contributed by atoms with Crippen molar-refractivity contribution in [1.29, 1.82) is 0 Å². The molecule has 1 aliphatic heterocycles. The molecule has 1 aliphatic rings. The number of aliphatic hydroxyl groups excluding tert-OH is 1. The van der Waals surface area contributed by atoms with Crippen LogP contribution in [0.1, 0.15) is 23.3 Å². The average Bonchev–Trinajstić information content (AvgIpc) is 3.03. The summed E-state index contributed by atoms with van der Waals surface area (Å²) >= 11 is 3.23. The number of benzene rings is 2. The van der Waals surface area contributed by atoms with Crippen LogP contribution in [0, 0.1) is 0 Å². The van der Waals surface area contributed by atoms with Crippen LogP contribution >= 0.6 is 15.9 Å². The second kappa shape index (κ2) is 7.15. The number of nitrogens with zero attached hydrogens (tertiary/aromatic N) is 1. The van der Waals surface area contributed by atoms with E-state index in [9.17, 15) is 14.7 Å². The quantitative estimate of drug-likeness (QED) is 0.815. The highest BCUT2D eigenvalue weighted by molar-refractivity contribution is 9.10. The summed E-state index contributed by atoms with van der Waals surface area (Å²) in [5.41, 5.74) is 1.40. The molecule has 2 aromatic carbocycles. The van der Waals surface area contributed by atoms with E-state index in [1.165, 1.54) is 0 Å². The SMILES string of the molecule is O=C1OC[C@@H](c2ccccc2)N1C(=O)[C@@H](Br)[C@H](O)c1ccccc1. The van der Waals surface area contributed by atoms with E-state index in [-0.39, 0.29) is 6.61 Å². The van der Waals surface area contributed by atoms with Gasteiger partial charge in [-0.25, -0.2) is 9.69 Å². The molecule has 0 aliphatic carbocycles. The Morgan fingerprint density at radius 3 is 2.33 bits per heavy atom. The largest absolute Gasteiger partial charge is 0.446 e. The average molecular weight is 390 g/mol. The van der Waals surface area contributed by atoms with Crippen molar-refractivity contribution in [1.82, 2.24) is 4.90 Å². The van der Waals surface area contributed by atoms with Crippen molar-refractivity contribution >= 4 is 27.9 Å². The van der Waals surface area contributed by atoms with Gasteiger partial charge in [0, 0.05) is 0 Å². The van der Waals surface area contributed by atoms with E-state index in [2.05, 4.69) is 15.9 Å². The van der Waals surface area contributed by atoms with Crippen LogP contribution in [0.2, 0.25) is 0 Å². The number of halogens is 1. The molecule has 1 heterocycles. The van der Waals surface area contributed by atoms with Gasteiger partial charge in [0.15, 0.2) is 0 Å². The van der Waals surface area contributed by atoms with E-state index in [1.54, 1.807) is 24.3 Å². The standard InChI is InChI=1S/C18H16BrNO4/c19-15(16(21)13-9-5-2-6-10-13)17(22)20-14(11-24-18(20)23)12-7-3-1-4-8-12/h1-10,14-16,21H,11H2/t14-,15-,16+/m0/s1. The predicted molar refractivity (Wildman–Crippen MR) is 91.5 cm³/mol. The van der Waals surface area contributed by atoms with Crippen LogP contribution in [0.5, 0.6) is 0 Å². The van der Waals surface area contributed by atoms with E-state index in [1.807, 2.05) is 36.4 Å². The lowest BCUT2D eigenvalue weighted by Crippen LogP contribution is -2.41. The Morgan fingerprint density at radius 1 is 1.12 bits per heavy atom. The Labute approximate surface area is 148 Å². The fourth-order valence-corrected chi connectivity index (χ4v) is 3.20. The number of imide groups is 1. The Kier molecular flexibility index (Phi) is 4.97. The third kappa shape index (κ3) is 3.20. The number of ether oxygens (including phenoxy) is 1. The minimum atomic E-state index is -1.07. The number of rotatable bonds is 4. The first-order valence-electron chi connectivity index (χ1n) is 7.51. The molecule has 0 aromatic heterocycles. The molecule has 0 bridgehead atoms. The minimum absolute atomic E-state index is 0.107. The maximum atomic E-state index is 12.8. The first-order chi connectivity index (χ1) is 11.6. The van der Waals surface area contributed by atoms with E-state index < -0.39 is 29.0 Å². The molecule has 3 rings (SSSR count). The highest BCUT2D eigenvalue weighted by Gasteiger charge is 2.42. The molecule has 1 fully saturated rings. The summed E-state index contributed by atoms with van der Waals surface area (Å²) in [6, 6.07) is 17.6. The van der Waals surface area contributed by atoms with Crippen molar-refractivity contribution in [2.24, 2.45) is 0 Å². The number of hydrogen-bond acceptors (Lipinski definition) is 4. The molecule has 0 spiro atoms. The maximum absolute atomic E-state index is 12.8. The topological polar surface area (TPSA) is 66.8 Å². The summed E-state index contributed by atoms with van der Waals surface area (Å²) < 4.78 is 5.05. The van der Waals surface area contributed by atoms with Gasteiger partial charge in [-0.05, 0) is 11.1 Å². The highest BCUT2D eigenvalue weighted by Crippen LogP contribution is 2.32. The molecular weight excluding hydrogens is 374 g/mol. The van der Waals surface area contributed by atoms with Crippen molar-refractivity contribution < 1.29 is 19.4 Å². The summed E-state index contributed by atoms with van der Waals surface area (Å²) in [5.74, 6) is -0.525. The van der Waals surface area contributed by atoms with Crippen LogP contribution in [0.3, 0.4) is 0 Å². The molecule has 24 heavy (non-hydrogen) atoms. The zero-order chi connectivity index (χ0) is 17.1. The number of amides is 2. The molecule has 2 amide bonds. The first kappa shape index (κ1) is 16.7. The summed E-state index contributed by atoms with van der Waals surface area (Å²) in [6.07, 6.45) is -1.76. The van der Waals surface area contributed by atoms with E-state index in [4.69, 9.17) is 4.74 Å². The molecule has 5 nitrogen and oxygen atoms in total. The third-order valence-electron chi connectivity index (χ3n) is 3.95. The Balaban J connectivity index is 1.83. The van der Waals surface area contributed by atoms with Crippen LogP contribution in [-0.4, -0.2) is 33.4 Å². The number of aliphatic hydroxyl groups is 1. The molecular formula is C18H16BrNO4. The zero-order valence-corrected chi connectivity index (χ0v) is 14.3. The first-order valence-corrected chi connectivity index (χ1v) is 8.43. The van der Waals surface area contributed by atoms with Gasteiger partial charge in [-0.2, -0.15) is 0 Å². The summed E-state index contributed by atoms with van der Waals surface area (Å²) in [4.78, 5) is 24.9. The third-order valence-corrected chi connectivity index (χ3v) is 4.84. The molecule has 1 saturated heterocycles. The molecule has 6 heteroatoms. The van der Waals surface area contributed by atoms with Gasteiger partial charge in [0.05, 0.1) is 0 Å². The van der Waals surface area contributed by atoms with Crippen molar-refractivity contribution in [2.45, 2.75) is 17.0 Å².